The molecule has 28 heteroatoms. The van der Waals surface area contributed by atoms with Crippen LogP contribution in [0.3, 0.4) is 0 Å². The Balaban J connectivity index is -0.0000000726. The molecule has 0 atom stereocenters. The summed E-state index contributed by atoms with van der Waals surface area (Å²) in [6, 6.07) is 48.0. The Morgan fingerprint density at radius 1 is 0.278 bits per heavy atom. The molecule has 0 aliphatic carbocycles. The van der Waals surface area contributed by atoms with Crippen LogP contribution in [-0.4, -0.2) is 53.0 Å². The van der Waals surface area contributed by atoms with E-state index in [1.807, 2.05) is 146 Å². The minimum absolute atomic E-state index is 0. The van der Waals surface area contributed by atoms with E-state index in [9.17, 15) is 69.1 Å². The molecular weight excluding hydrogens is 954 g/mol. The topological polar surface area (TPSA) is 86.3 Å². The Labute approximate surface area is 326 Å². The summed E-state index contributed by atoms with van der Waals surface area (Å²) in [5.41, 5.74) is 0. The fraction of sp³-hybridized carbons (Fsp3) is 0.0769. The second-order valence-electron chi connectivity index (χ2n) is 7.48. The van der Waals surface area contributed by atoms with Crippen molar-refractivity contribution in [1.29, 1.82) is 0 Å². The average Bonchev–Trinajstić information content (AvgIpc) is 2.98. The van der Waals surface area contributed by atoms with Crippen molar-refractivity contribution in [2.75, 3.05) is 14.1 Å². The summed E-state index contributed by atoms with van der Waals surface area (Å²) in [6.07, 6.45) is 0. The van der Waals surface area contributed by atoms with Crippen LogP contribution in [0.4, 0.5) is 69.1 Å². The first-order chi connectivity index (χ1) is 23.5. The fourth-order valence-electron chi connectivity index (χ4n) is 1.54. The molecule has 308 valence electrons. The number of nitrogens with zero attached hydrogens (tertiary/aromatic N) is 2. The Kier molecular flexibility index (Phi) is 57.0. The standard InChI is InChI=1S/4C6H6.2CH3NO2.4BF4.2Ru/c4*1-2-4-6-5-3-1;2*1-2(3)4;4*2-1(3,4)5;;/h4*1-6H;2*1H3;;;;;;/q;;;;;;4*-1;2*+2. The van der Waals surface area contributed by atoms with Gasteiger partial charge >= 0.3 is 68.0 Å². The van der Waals surface area contributed by atoms with Gasteiger partial charge in [0.05, 0.1) is 0 Å². The van der Waals surface area contributed by atoms with E-state index in [0.717, 1.165) is 14.1 Å². The van der Waals surface area contributed by atoms with Gasteiger partial charge in [-0.1, -0.05) is 146 Å². The molecule has 0 saturated carbocycles. The van der Waals surface area contributed by atoms with Crippen LogP contribution in [0, 0.1) is 20.2 Å². The first-order valence-corrected chi connectivity index (χ1v) is 13.1. The molecule has 0 aromatic heterocycles. The van der Waals surface area contributed by atoms with Crippen LogP contribution in [-0.2, 0) is 39.0 Å². The first kappa shape index (κ1) is 68.1. The third-order valence-corrected chi connectivity index (χ3v) is 2.67. The van der Waals surface area contributed by atoms with E-state index in [4.69, 9.17) is 20.2 Å². The fourth-order valence-corrected chi connectivity index (χ4v) is 1.54. The summed E-state index contributed by atoms with van der Waals surface area (Å²) in [5, 5.41) is 17.6. The van der Waals surface area contributed by atoms with Crippen molar-refractivity contribution < 1.29 is 118 Å². The molecule has 0 bridgehead atoms. The van der Waals surface area contributed by atoms with Crippen molar-refractivity contribution in [1.82, 2.24) is 0 Å². The Morgan fingerprint density at radius 2 is 0.296 bits per heavy atom. The van der Waals surface area contributed by atoms with Crippen LogP contribution in [0.2, 0.25) is 0 Å². The summed E-state index contributed by atoms with van der Waals surface area (Å²) in [6.45, 7) is 0. The van der Waals surface area contributed by atoms with Crippen LogP contribution < -0.4 is 0 Å². The number of hydrogen-bond acceptors (Lipinski definition) is 4. The van der Waals surface area contributed by atoms with Crippen LogP contribution in [0.15, 0.2) is 146 Å². The molecule has 6 nitrogen and oxygen atoms in total. The van der Waals surface area contributed by atoms with Gasteiger partial charge in [-0.2, -0.15) is 0 Å². The molecule has 4 aromatic carbocycles. The normalized spacial score (nSPS) is 8.93. The van der Waals surface area contributed by atoms with E-state index in [1.165, 1.54) is 0 Å². The molecule has 0 aliphatic heterocycles. The maximum Gasteiger partial charge on any atom is 2.00 e. The largest absolute Gasteiger partial charge is 2.00 e. The molecule has 4 aromatic rings. The first-order valence-electron chi connectivity index (χ1n) is 13.1. The SMILES string of the molecule is C[N+](=O)[O-].C[N+](=O)[O-].F[B-](F)(F)F.F[B-](F)(F)F.F[B-](F)(F)F.F[B-](F)(F)F.[Ru+2].[Ru+2].c1ccccc1.c1ccccc1.c1ccccc1.c1ccccc1. The van der Waals surface area contributed by atoms with Gasteiger partial charge in [-0.05, 0) is 0 Å². The molecule has 0 saturated heterocycles. The number of nitro groups is 2. The average molecular weight is 984 g/mol. The molecule has 4 rings (SSSR count). The summed E-state index contributed by atoms with van der Waals surface area (Å²) in [7, 11) is -22.2. The van der Waals surface area contributed by atoms with Crippen LogP contribution in [0.25, 0.3) is 0 Å². The van der Waals surface area contributed by atoms with Gasteiger partial charge in [-0.15, -0.1) is 0 Å². The summed E-state index contributed by atoms with van der Waals surface area (Å²) in [4.78, 5) is 16.6. The third kappa shape index (κ3) is 264. The Hall–Kier alpha value is -3.93. The van der Waals surface area contributed by atoms with E-state index >= 15 is 0 Å². The molecule has 0 unspecified atom stereocenters. The van der Waals surface area contributed by atoms with E-state index < -0.39 is 38.9 Å². The molecule has 0 aliphatic rings. The smallest absolute Gasteiger partial charge is 0.418 e. The van der Waals surface area contributed by atoms with Crippen LogP contribution in [0.5, 0.6) is 0 Å². The third-order valence-electron chi connectivity index (χ3n) is 2.67. The van der Waals surface area contributed by atoms with E-state index in [0.29, 0.717) is 0 Å². The maximum absolute atomic E-state index is 9.75. The van der Waals surface area contributed by atoms with E-state index in [1.54, 1.807) is 0 Å². The van der Waals surface area contributed by atoms with Crippen LogP contribution in [0.1, 0.15) is 0 Å². The van der Waals surface area contributed by atoms with Gasteiger partial charge in [-0.25, -0.2) is 0 Å². The number of hydrogen-bond donors (Lipinski definition) is 0. The predicted octanol–water partition coefficient (Wildman–Crippen LogP) is 11.7. The van der Waals surface area contributed by atoms with Gasteiger partial charge in [-0.3, -0.25) is 20.2 Å². The zero-order valence-corrected chi connectivity index (χ0v) is 30.9. The van der Waals surface area contributed by atoms with Gasteiger partial charge in [0.1, 0.15) is 0 Å². The Bertz CT molecular complexity index is 940. The van der Waals surface area contributed by atoms with Crippen molar-refractivity contribution in [2.45, 2.75) is 0 Å². The van der Waals surface area contributed by atoms with Crippen molar-refractivity contribution in [3.63, 3.8) is 0 Å². The quantitative estimate of drug-likeness (QED) is 0.0760. The summed E-state index contributed by atoms with van der Waals surface area (Å²) >= 11 is 0. The van der Waals surface area contributed by atoms with E-state index in [2.05, 4.69) is 0 Å². The minimum Gasteiger partial charge on any atom is -0.418 e. The predicted molar refractivity (Wildman–Crippen MR) is 172 cm³/mol. The summed E-state index contributed by atoms with van der Waals surface area (Å²) < 4.78 is 156. The van der Waals surface area contributed by atoms with Gasteiger partial charge in [0.2, 0.25) is 0 Å². The van der Waals surface area contributed by atoms with Gasteiger partial charge in [0, 0.05) is 9.85 Å². The van der Waals surface area contributed by atoms with Gasteiger partial charge < -0.3 is 69.1 Å². The maximum atomic E-state index is 9.75. The van der Waals surface area contributed by atoms with Crippen LogP contribution >= 0.6 is 0 Å². The number of rotatable bonds is 0. The number of benzene rings is 4. The van der Waals surface area contributed by atoms with Crippen molar-refractivity contribution in [2.24, 2.45) is 0 Å². The van der Waals surface area contributed by atoms with Gasteiger partial charge in [0.15, 0.2) is 14.1 Å². The van der Waals surface area contributed by atoms with Crippen molar-refractivity contribution in [3.05, 3.63) is 166 Å². The van der Waals surface area contributed by atoms with Crippen molar-refractivity contribution in [3.8, 4) is 0 Å². The number of halogens is 16. The zero-order valence-electron chi connectivity index (χ0n) is 27.4. The second kappa shape index (κ2) is 45.2. The molecule has 54 heavy (non-hydrogen) atoms. The second-order valence-corrected chi connectivity index (χ2v) is 7.48. The molecule has 0 N–H and O–H groups in total. The monoisotopic (exact) mass is 986 g/mol. The summed E-state index contributed by atoms with van der Waals surface area (Å²) in [5.74, 6) is 0. The van der Waals surface area contributed by atoms with E-state index in [-0.39, 0.29) is 39.0 Å². The van der Waals surface area contributed by atoms with Gasteiger partial charge in [0.25, 0.3) is 0 Å². The molecule has 0 fully saturated rings. The molecule has 0 radical (unpaired) electrons. The molecular formula is C26H30B4F16N2O4Ru2. The van der Waals surface area contributed by atoms with Crippen molar-refractivity contribution >= 4 is 29.0 Å². The molecule has 0 amide bonds. The molecule has 0 spiro atoms. The zero-order chi connectivity index (χ0) is 42.1. The molecule has 0 heterocycles. The minimum atomic E-state index is -6.00. The Morgan fingerprint density at radius 3 is 0.315 bits per heavy atom.